The number of carbonyl (C=O) groups is 2. The minimum atomic E-state index is -0.578. The van der Waals surface area contributed by atoms with E-state index < -0.39 is 11.7 Å². The molecule has 1 amide bonds. The third-order valence-electron chi connectivity index (χ3n) is 2.70. The van der Waals surface area contributed by atoms with Crippen molar-refractivity contribution in [1.82, 2.24) is 4.90 Å². The molecule has 110 valence electrons. The minimum absolute atomic E-state index is 0.191. The van der Waals surface area contributed by atoms with Crippen LogP contribution in [0.15, 0.2) is 24.3 Å². The first-order valence-electron chi connectivity index (χ1n) is 6.39. The van der Waals surface area contributed by atoms with Crippen molar-refractivity contribution >= 4 is 24.0 Å². The molecular formula is C15H20ClNO3. The van der Waals surface area contributed by atoms with Crippen LogP contribution in [0.25, 0.3) is 0 Å². The number of halogens is 1. The first-order chi connectivity index (χ1) is 9.24. The molecule has 1 rings (SSSR count). The van der Waals surface area contributed by atoms with Gasteiger partial charge in [-0.15, -0.1) is 0 Å². The van der Waals surface area contributed by atoms with Crippen LogP contribution >= 0.6 is 11.6 Å². The second-order valence-corrected chi connectivity index (χ2v) is 6.00. The number of rotatable bonds is 4. The monoisotopic (exact) mass is 297 g/mol. The summed E-state index contributed by atoms with van der Waals surface area (Å²) >= 11 is 5.96. The number of aldehydes is 1. The largest absolute Gasteiger partial charge is 0.444 e. The Hall–Kier alpha value is -1.55. The zero-order chi connectivity index (χ0) is 15.3. The normalized spacial score (nSPS) is 12.7. The molecule has 4 nitrogen and oxygen atoms in total. The molecule has 0 fully saturated rings. The van der Waals surface area contributed by atoms with Crippen LogP contribution in [-0.4, -0.2) is 29.9 Å². The Morgan fingerprint density at radius 1 is 1.45 bits per heavy atom. The number of nitrogens with zero attached hydrogens (tertiary/aromatic N) is 1. The highest BCUT2D eigenvalue weighted by Crippen LogP contribution is 2.26. The molecule has 0 spiro atoms. The molecule has 0 aromatic heterocycles. The molecule has 0 aliphatic heterocycles. The third-order valence-corrected chi connectivity index (χ3v) is 2.94. The van der Waals surface area contributed by atoms with Crippen molar-refractivity contribution in [2.45, 2.75) is 38.8 Å². The van der Waals surface area contributed by atoms with Gasteiger partial charge in [-0.1, -0.05) is 23.7 Å². The quantitative estimate of drug-likeness (QED) is 0.793. The molecule has 0 N–H and O–H groups in total. The van der Waals surface area contributed by atoms with Gasteiger partial charge in [0.1, 0.15) is 11.9 Å². The molecule has 0 aliphatic rings. The summed E-state index contributed by atoms with van der Waals surface area (Å²) in [6.45, 7) is 5.40. The van der Waals surface area contributed by atoms with E-state index in [1.54, 1.807) is 46.0 Å². The molecule has 20 heavy (non-hydrogen) atoms. The lowest BCUT2D eigenvalue weighted by molar-refractivity contribution is -0.108. The third kappa shape index (κ3) is 4.85. The predicted octanol–water partition coefficient (Wildman–Crippen LogP) is 3.84. The lowest BCUT2D eigenvalue weighted by atomic mass is 10.0. The van der Waals surface area contributed by atoms with Gasteiger partial charge in [-0.2, -0.15) is 0 Å². The molecular weight excluding hydrogens is 278 g/mol. The van der Waals surface area contributed by atoms with E-state index in [-0.39, 0.29) is 12.5 Å². The predicted molar refractivity (Wildman–Crippen MR) is 78.9 cm³/mol. The highest BCUT2D eigenvalue weighted by molar-refractivity contribution is 6.30. The maximum atomic E-state index is 12.1. The van der Waals surface area contributed by atoms with E-state index in [4.69, 9.17) is 16.3 Å². The molecule has 1 unspecified atom stereocenters. The van der Waals surface area contributed by atoms with Crippen molar-refractivity contribution in [2.75, 3.05) is 7.05 Å². The van der Waals surface area contributed by atoms with Crippen molar-refractivity contribution in [3.05, 3.63) is 34.9 Å². The summed E-state index contributed by atoms with van der Waals surface area (Å²) in [4.78, 5) is 24.4. The van der Waals surface area contributed by atoms with Crippen LogP contribution in [0, 0.1) is 0 Å². The lowest BCUT2D eigenvalue weighted by Crippen LogP contribution is -2.36. The van der Waals surface area contributed by atoms with Crippen LogP contribution in [-0.2, 0) is 9.53 Å². The first-order valence-corrected chi connectivity index (χ1v) is 6.77. The van der Waals surface area contributed by atoms with Crippen molar-refractivity contribution in [3.63, 3.8) is 0 Å². The molecule has 0 saturated heterocycles. The van der Waals surface area contributed by atoms with Crippen molar-refractivity contribution in [3.8, 4) is 0 Å². The van der Waals surface area contributed by atoms with Crippen LogP contribution in [0.1, 0.15) is 38.8 Å². The Bertz CT molecular complexity index is 482. The summed E-state index contributed by atoms with van der Waals surface area (Å²) in [6, 6.07) is 6.73. The number of hydrogen-bond acceptors (Lipinski definition) is 3. The molecule has 0 saturated carbocycles. The fraction of sp³-hybridized carbons (Fsp3) is 0.467. The fourth-order valence-electron chi connectivity index (χ4n) is 1.78. The van der Waals surface area contributed by atoms with Gasteiger partial charge in [-0.3, -0.25) is 0 Å². The molecule has 0 bridgehead atoms. The van der Waals surface area contributed by atoms with E-state index in [1.807, 2.05) is 6.07 Å². The van der Waals surface area contributed by atoms with Crippen LogP contribution in [0.2, 0.25) is 5.02 Å². The topological polar surface area (TPSA) is 46.6 Å². The average Bonchev–Trinajstić information content (AvgIpc) is 2.33. The van der Waals surface area contributed by atoms with Crippen molar-refractivity contribution < 1.29 is 14.3 Å². The summed E-state index contributed by atoms with van der Waals surface area (Å²) in [6.07, 6.45) is 0.507. The van der Waals surface area contributed by atoms with E-state index >= 15 is 0 Å². The fourth-order valence-corrected chi connectivity index (χ4v) is 1.98. The molecule has 0 heterocycles. The van der Waals surface area contributed by atoms with E-state index in [0.29, 0.717) is 5.02 Å². The van der Waals surface area contributed by atoms with Crippen molar-refractivity contribution in [1.29, 1.82) is 0 Å². The second kappa shape index (κ2) is 6.75. The number of benzene rings is 1. The summed E-state index contributed by atoms with van der Waals surface area (Å²) in [5, 5.41) is 0.566. The average molecular weight is 298 g/mol. The summed E-state index contributed by atoms with van der Waals surface area (Å²) < 4.78 is 5.32. The summed E-state index contributed by atoms with van der Waals surface area (Å²) in [7, 11) is 1.61. The van der Waals surface area contributed by atoms with E-state index in [9.17, 15) is 9.59 Å². The number of hydrogen-bond donors (Lipinski definition) is 0. The minimum Gasteiger partial charge on any atom is -0.444 e. The molecule has 0 aliphatic carbocycles. The maximum absolute atomic E-state index is 12.1. The Balaban J connectivity index is 2.96. The van der Waals surface area contributed by atoms with E-state index in [0.717, 1.165) is 11.8 Å². The molecule has 0 radical (unpaired) electrons. The molecule has 5 heteroatoms. The Labute approximate surface area is 124 Å². The van der Waals surface area contributed by atoms with Crippen LogP contribution in [0.5, 0.6) is 0 Å². The maximum Gasteiger partial charge on any atom is 0.410 e. The van der Waals surface area contributed by atoms with Gasteiger partial charge in [0.05, 0.1) is 6.04 Å². The van der Waals surface area contributed by atoms with Crippen LogP contribution in [0.3, 0.4) is 0 Å². The van der Waals surface area contributed by atoms with Gasteiger partial charge in [0.2, 0.25) is 0 Å². The number of amides is 1. The van der Waals surface area contributed by atoms with Crippen molar-refractivity contribution in [2.24, 2.45) is 0 Å². The van der Waals surface area contributed by atoms with Gasteiger partial charge in [-0.25, -0.2) is 4.79 Å². The SMILES string of the molecule is CN(C(=O)OC(C)(C)C)C(CC=O)c1cccc(Cl)c1. The smallest absolute Gasteiger partial charge is 0.410 e. The zero-order valence-corrected chi connectivity index (χ0v) is 13.0. The Morgan fingerprint density at radius 2 is 2.10 bits per heavy atom. The number of carbonyl (C=O) groups excluding carboxylic acids is 2. The van der Waals surface area contributed by atoms with Gasteiger partial charge in [0, 0.05) is 18.5 Å². The Morgan fingerprint density at radius 3 is 2.60 bits per heavy atom. The Kier molecular flexibility index (Phi) is 5.57. The first kappa shape index (κ1) is 16.5. The van der Waals surface area contributed by atoms with E-state index in [2.05, 4.69) is 0 Å². The zero-order valence-electron chi connectivity index (χ0n) is 12.2. The van der Waals surface area contributed by atoms with E-state index in [1.165, 1.54) is 4.90 Å². The summed E-state index contributed by atoms with van der Waals surface area (Å²) in [5.41, 5.74) is 0.226. The second-order valence-electron chi connectivity index (χ2n) is 5.56. The molecule has 1 atom stereocenters. The standard InChI is InChI=1S/C15H20ClNO3/c1-15(2,3)20-14(19)17(4)13(8-9-18)11-6-5-7-12(16)10-11/h5-7,9-10,13H,8H2,1-4H3. The molecule has 1 aromatic carbocycles. The van der Waals surface area contributed by atoms with Gasteiger partial charge in [0.15, 0.2) is 0 Å². The van der Waals surface area contributed by atoms with Gasteiger partial charge >= 0.3 is 6.09 Å². The lowest BCUT2D eigenvalue weighted by Gasteiger charge is -2.30. The van der Waals surface area contributed by atoms with Crippen LogP contribution in [0.4, 0.5) is 4.79 Å². The highest BCUT2D eigenvalue weighted by atomic mass is 35.5. The van der Waals surface area contributed by atoms with Crippen LogP contribution < -0.4 is 0 Å². The van der Waals surface area contributed by atoms with Gasteiger partial charge in [-0.05, 0) is 38.5 Å². The molecule has 1 aromatic rings. The van der Waals surface area contributed by atoms with Gasteiger partial charge < -0.3 is 14.4 Å². The number of ether oxygens (including phenoxy) is 1. The highest BCUT2D eigenvalue weighted by Gasteiger charge is 2.26. The summed E-state index contributed by atoms with van der Waals surface area (Å²) in [5.74, 6) is 0. The van der Waals surface area contributed by atoms with Gasteiger partial charge in [0.25, 0.3) is 0 Å².